The number of morpholine rings is 1. The molecule has 0 radical (unpaired) electrons. The Morgan fingerprint density at radius 1 is 1.00 bits per heavy atom. The fraction of sp³-hybridized carbons (Fsp3) is 0.375. The lowest BCUT2D eigenvalue weighted by molar-refractivity contribution is -0.120. The third kappa shape index (κ3) is 5.34. The van der Waals surface area contributed by atoms with Gasteiger partial charge in [-0.3, -0.25) is 9.59 Å². The molecule has 216 valence electrons. The molecule has 1 aliphatic carbocycles. The second-order valence-corrected chi connectivity index (χ2v) is 11.5. The monoisotopic (exact) mass is 568 g/mol. The Balaban J connectivity index is 1.15. The number of carbonyl (C=O) groups is 1. The predicted octanol–water partition coefficient (Wildman–Crippen LogP) is 5.75. The average molecular weight is 569 g/mol. The Morgan fingerprint density at radius 2 is 1.81 bits per heavy atom. The van der Waals surface area contributed by atoms with Crippen molar-refractivity contribution in [3.05, 3.63) is 71.0 Å². The minimum Gasteiger partial charge on any atom is -0.371 e. The van der Waals surface area contributed by atoms with Crippen LogP contribution in [0.2, 0.25) is 0 Å². The molecular formula is C32H33FN6O3. The molecule has 1 amide bonds. The summed E-state index contributed by atoms with van der Waals surface area (Å²) in [6.07, 6.45) is 11.1. The third-order valence-electron chi connectivity index (χ3n) is 8.64. The van der Waals surface area contributed by atoms with Gasteiger partial charge in [-0.05, 0) is 68.1 Å². The zero-order chi connectivity index (χ0) is 28.6. The van der Waals surface area contributed by atoms with Crippen molar-refractivity contribution in [2.75, 3.05) is 28.6 Å². The van der Waals surface area contributed by atoms with Gasteiger partial charge in [-0.2, -0.15) is 0 Å². The molecule has 42 heavy (non-hydrogen) atoms. The second kappa shape index (κ2) is 11.2. The van der Waals surface area contributed by atoms with E-state index < -0.39 is 5.82 Å². The van der Waals surface area contributed by atoms with Gasteiger partial charge in [0.2, 0.25) is 5.91 Å². The summed E-state index contributed by atoms with van der Waals surface area (Å²) in [6.45, 7) is 1.71. The number of nitrogens with one attached hydrogen (secondary N) is 3. The van der Waals surface area contributed by atoms with Crippen LogP contribution in [0.1, 0.15) is 44.9 Å². The van der Waals surface area contributed by atoms with Gasteiger partial charge < -0.3 is 25.3 Å². The second-order valence-electron chi connectivity index (χ2n) is 11.5. The number of aromatic amines is 1. The normalized spacial score (nSPS) is 20.5. The van der Waals surface area contributed by atoms with Crippen LogP contribution in [0.4, 0.5) is 27.3 Å². The van der Waals surface area contributed by atoms with Crippen molar-refractivity contribution in [1.29, 1.82) is 0 Å². The molecule has 3 fully saturated rings. The van der Waals surface area contributed by atoms with E-state index in [0.29, 0.717) is 33.8 Å². The van der Waals surface area contributed by atoms with E-state index in [1.54, 1.807) is 24.3 Å². The van der Waals surface area contributed by atoms with Crippen LogP contribution < -0.4 is 21.1 Å². The summed E-state index contributed by atoms with van der Waals surface area (Å²) in [7, 11) is 0. The molecule has 4 aromatic rings. The van der Waals surface area contributed by atoms with Gasteiger partial charge in [0.15, 0.2) is 0 Å². The molecule has 2 bridgehead atoms. The largest absolute Gasteiger partial charge is 0.371 e. The van der Waals surface area contributed by atoms with Gasteiger partial charge >= 0.3 is 0 Å². The summed E-state index contributed by atoms with van der Waals surface area (Å²) in [6, 6.07) is 11.9. The zero-order valence-corrected chi connectivity index (χ0v) is 23.2. The maximum absolute atomic E-state index is 15.4. The number of carbonyl (C=O) groups excluding carboxylic acids is 1. The number of halogens is 1. The lowest BCUT2D eigenvalue weighted by Gasteiger charge is -2.33. The first-order valence-corrected chi connectivity index (χ1v) is 14.8. The number of hydrogen-bond donors (Lipinski definition) is 3. The molecule has 1 saturated carbocycles. The molecule has 2 saturated heterocycles. The fourth-order valence-corrected chi connectivity index (χ4v) is 6.45. The summed E-state index contributed by atoms with van der Waals surface area (Å²) in [5.74, 6) is -0.0446. The van der Waals surface area contributed by atoms with Gasteiger partial charge in [0.05, 0.1) is 46.4 Å². The number of ether oxygens (including phenoxy) is 1. The standard InChI is InChI=1S/C32H33FN6O3/c33-25-14-20(36-31(40)19-4-2-1-3-5-19)6-10-24(25)27-15-28(30-26(37-27)12-13-34-32(30)41)38-29-11-7-21(16-35-29)39-17-22-8-9-23(18-39)42-22/h6-7,10-16,19,22-23H,1-5,8-9,17-18H2,(H,34,41)(H,36,40)(H,35,37,38)/t22-,23+. The molecule has 3 aromatic heterocycles. The molecule has 3 aliphatic rings. The van der Waals surface area contributed by atoms with Crippen molar-refractivity contribution < 1.29 is 13.9 Å². The lowest BCUT2D eigenvalue weighted by atomic mass is 9.88. The molecule has 9 nitrogen and oxygen atoms in total. The van der Waals surface area contributed by atoms with E-state index in [4.69, 9.17) is 4.74 Å². The van der Waals surface area contributed by atoms with E-state index in [1.165, 1.54) is 12.3 Å². The number of rotatable bonds is 6. The van der Waals surface area contributed by atoms with E-state index in [0.717, 1.165) is 63.7 Å². The van der Waals surface area contributed by atoms with E-state index in [-0.39, 0.29) is 35.2 Å². The molecule has 2 atom stereocenters. The molecular weight excluding hydrogens is 535 g/mol. The average Bonchev–Trinajstić information content (AvgIpc) is 3.34. The van der Waals surface area contributed by atoms with Gasteiger partial charge in [-0.25, -0.2) is 14.4 Å². The van der Waals surface area contributed by atoms with Gasteiger partial charge in [0.1, 0.15) is 11.6 Å². The highest BCUT2D eigenvalue weighted by Crippen LogP contribution is 2.33. The van der Waals surface area contributed by atoms with Crippen molar-refractivity contribution in [3.63, 3.8) is 0 Å². The Labute approximate surface area is 242 Å². The van der Waals surface area contributed by atoms with Gasteiger partial charge in [-0.15, -0.1) is 0 Å². The van der Waals surface area contributed by atoms with Crippen molar-refractivity contribution in [1.82, 2.24) is 15.0 Å². The van der Waals surface area contributed by atoms with Crippen LogP contribution in [0.25, 0.3) is 22.2 Å². The van der Waals surface area contributed by atoms with Crippen molar-refractivity contribution in [2.45, 2.75) is 57.2 Å². The molecule has 10 heteroatoms. The Bertz CT molecular complexity index is 1670. The number of nitrogens with zero attached hydrogens (tertiary/aromatic N) is 3. The van der Waals surface area contributed by atoms with Gasteiger partial charge in [-0.1, -0.05) is 19.3 Å². The third-order valence-corrected chi connectivity index (χ3v) is 8.64. The Morgan fingerprint density at radius 3 is 2.55 bits per heavy atom. The number of amides is 1. The SMILES string of the molecule is O=C(Nc1ccc(-c2cc(Nc3ccc(N4C[C@H]5CC[C@@H](C4)O5)cn3)c3c(=O)[nH]ccc3n2)c(F)c1)C1CCCCC1. The van der Waals surface area contributed by atoms with Crippen LogP contribution in [0.15, 0.2) is 59.7 Å². The number of anilines is 4. The van der Waals surface area contributed by atoms with E-state index >= 15 is 4.39 Å². The molecule has 5 heterocycles. The number of hydrogen-bond acceptors (Lipinski definition) is 7. The topological polar surface area (TPSA) is 112 Å². The van der Waals surface area contributed by atoms with Crippen molar-refractivity contribution in [3.8, 4) is 11.3 Å². The summed E-state index contributed by atoms with van der Waals surface area (Å²) in [4.78, 5) is 39.7. The number of fused-ring (bicyclic) bond motifs is 3. The Hall–Kier alpha value is -4.31. The molecule has 2 aliphatic heterocycles. The predicted molar refractivity (Wildman–Crippen MR) is 161 cm³/mol. The van der Waals surface area contributed by atoms with Crippen molar-refractivity contribution in [2.24, 2.45) is 5.92 Å². The first-order valence-electron chi connectivity index (χ1n) is 14.8. The first-order chi connectivity index (χ1) is 20.5. The number of aromatic nitrogens is 3. The summed E-state index contributed by atoms with van der Waals surface area (Å²) < 4.78 is 21.4. The summed E-state index contributed by atoms with van der Waals surface area (Å²) in [5, 5.41) is 6.49. The molecule has 3 N–H and O–H groups in total. The lowest BCUT2D eigenvalue weighted by Crippen LogP contribution is -2.42. The smallest absolute Gasteiger partial charge is 0.259 e. The molecule has 0 unspecified atom stereocenters. The van der Waals surface area contributed by atoms with E-state index in [9.17, 15) is 9.59 Å². The minimum absolute atomic E-state index is 0.0259. The highest BCUT2D eigenvalue weighted by molar-refractivity contribution is 5.95. The maximum atomic E-state index is 15.4. The highest BCUT2D eigenvalue weighted by atomic mass is 19.1. The summed E-state index contributed by atoms with van der Waals surface area (Å²) in [5.41, 5.74) is 2.65. The van der Waals surface area contributed by atoms with E-state index in [2.05, 4.69) is 30.5 Å². The van der Waals surface area contributed by atoms with E-state index in [1.807, 2.05) is 18.3 Å². The van der Waals surface area contributed by atoms with Crippen LogP contribution in [-0.2, 0) is 9.53 Å². The minimum atomic E-state index is -0.513. The molecule has 0 spiro atoms. The van der Waals surface area contributed by atoms with Crippen LogP contribution >= 0.6 is 0 Å². The molecule has 1 aromatic carbocycles. The van der Waals surface area contributed by atoms with Crippen LogP contribution in [0.3, 0.4) is 0 Å². The van der Waals surface area contributed by atoms with Gasteiger partial charge in [0, 0.05) is 36.5 Å². The van der Waals surface area contributed by atoms with Crippen LogP contribution in [0, 0.1) is 11.7 Å². The zero-order valence-electron chi connectivity index (χ0n) is 23.2. The Kier molecular flexibility index (Phi) is 7.07. The fourth-order valence-electron chi connectivity index (χ4n) is 6.45. The maximum Gasteiger partial charge on any atom is 0.259 e. The quantitative estimate of drug-likeness (QED) is 0.271. The number of H-pyrrole nitrogens is 1. The van der Waals surface area contributed by atoms with Crippen LogP contribution in [0.5, 0.6) is 0 Å². The summed E-state index contributed by atoms with van der Waals surface area (Å²) >= 11 is 0. The highest BCUT2D eigenvalue weighted by Gasteiger charge is 2.33. The van der Waals surface area contributed by atoms with Gasteiger partial charge in [0.25, 0.3) is 5.56 Å². The van der Waals surface area contributed by atoms with Crippen molar-refractivity contribution >= 4 is 39.7 Å². The van der Waals surface area contributed by atoms with Crippen LogP contribution in [-0.4, -0.2) is 46.2 Å². The number of benzene rings is 1. The number of pyridine rings is 3. The molecule has 7 rings (SSSR count). The first kappa shape index (κ1) is 26.6.